The van der Waals surface area contributed by atoms with Gasteiger partial charge in [-0.05, 0) is 0 Å². The van der Waals surface area contributed by atoms with Crippen molar-refractivity contribution < 1.29 is 14.6 Å². The zero-order valence-corrected chi connectivity index (χ0v) is 3.72. The average molecular weight is 101 g/mol. The Labute approximate surface area is 40.9 Å². The third-order valence-corrected chi connectivity index (χ3v) is 0.797. The minimum Gasteiger partial charge on any atom is -0.550 e. The van der Waals surface area contributed by atoms with Crippen molar-refractivity contribution in [2.24, 2.45) is 0 Å². The van der Waals surface area contributed by atoms with E-state index in [2.05, 4.69) is 4.74 Å². The molecule has 3 heteroatoms. The van der Waals surface area contributed by atoms with Crippen LogP contribution < -0.4 is 5.11 Å². The number of hydrogen-bond donors (Lipinski definition) is 0. The highest BCUT2D eigenvalue weighted by molar-refractivity contribution is 5.65. The van der Waals surface area contributed by atoms with Gasteiger partial charge in [0.2, 0.25) is 0 Å². The molecule has 0 spiro atoms. The molecular formula is C4H5O3-. The van der Waals surface area contributed by atoms with E-state index in [-0.39, 0.29) is 12.5 Å². The number of carboxylic acids is 1. The van der Waals surface area contributed by atoms with E-state index < -0.39 is 5.97 Å². The van der Waals surface area contributed by atoms with Gasteiger partial charge in [0.05, 0.1) is 12.7 Å². The van der Waals surface area contributed by atoms with Gasteiger partial charge in [0.1, 0.15) is 0 Å². The number of carboxylic acid groups (broad SMARTS) is 1. The first-order valence-corrected chi connectivity index (χ1v) is 2.10. The van der Waals surface area contributed by atoms with E-state index in [1.54, 1.807) is 0 Å². The van der Waals surface area contributed by atoms with Crippen molar-refractivity contribution in [3.63, 3.8) is 0 Å². The fourth-order valence-corrected chi connectivity index (χ4v) is 0.372. The Kier molecular flexibility index (Phi) is 0.982. The summed E-state index contributed by atoms with van der Waals surface area (Å²) in [6, 6.07) is 0. The summed E-state index contributed by atoms with van der Waals surface area (Å²) in [5.41, 5.74) is 0. The Morgan fingerprint density at radius 3 is 2.71 bits per heavy atom. The molecule has 0 amide bonds. The van der Waals surface area contributed by atoms with Gasteiger partial charge in [-0.2, -0.15) is 0 Å². The number of ether oxygens (including phenoxy) is 1. The van der Waals surface area contributed by atoms with E-state index in [1.807, 2.05) is 0 Å². The van der Waals surface area contributed by atoms with Crippen LogP contribution in [0.3, 0.4) is 0 Å². The van der Waals surface area contributed by atoms with Gasteiger partial charge in [-0.3, -0.25) is 0 Å². The van der Waals surface area contributed by atoms with Crippen molar-refractivity contribution >= 4 is 5.97 Å². The summed E-state index contributed by atoms with van der Waals surface area (Å²) in [4.78, 5) is 9.66. The van der Waals surface area contributed by atoms with Crippen LogP contribution in [0.1, 0.15) is 6.42 Å². The lowest BCUT2D eigenvalue weighted by Gasteiger charge is -1.92. The van der Waals surface area contributed by atoms with Crippen LogP contribution in [-0.4, -0.2) is 18.7 Å². The first-order chi connectivity index (χ1) is 3.29. The highest BCUT2D eigenvalue weighted by Crippen LogP contribution is 2.11. The number of rotatable bonds is 2. The van der Waals surface area contributed by atoms with Gasteiger partial charge >= 0.3 is 0 Å². The second-order valence-electron chi connectivity index (χ2n) is 1.53. The van der Waals surface area contributed by atoms with Crippen LogP contribution in [-0.2, 0) is 9.53 Å². The van der Waals surface area contributed by atoms with Gasteiger partial charge in [-0.15, -0.1) is 0 Å². The molecule has 0 aromatic rings. The van der Waals surface area contributed by atoms with Gasteiger partial charge in [0, 0.05) is 12.4 Å². The summed E-state index contributed by atoms with van der Waals surface area (Å²) in [6.07, 6.45) is 0.0185. The lowest BCUT2D eigenvalue weighted by molar-refractivity contribution is -0.305. The molecule has 0 N–H and O–H groups in total. The van der Waals surface area contributed by atoms with E-state index in [0.717, 1.165) is 0 Å². The standard InChI is InChI=1S/C4H6O3/c5-4(6)1-3-2-7-3/h3H,1-2H2,(H,5,6)/p-1. The predicted molar refractivity (Wildman–Crippen MR) is 19.4 cm³/mol. The Morgan fingerprint density at radius 2 is 2.57 bits per heavy atom. The minimum atomic E-state index is -1.03. The van der Waals surface area contributed by atoms with Gasteiger partial charge in [0.25, 0.3) is 0 Å². The van der Waals surface area contributed by atoms with Crippen LogP contribution in [0.2, 0.25) is 0 Å². The summed E-state index contributed by atoms with van der Waals surface area (Å²) < 4.78 is 4.60. The van der Waals surface area contributed by atoms with Crippen molar-refractivity contribution in [2.75, 3.05) is 6.61 Å². The van der Waals surface area contributed by atoms with Crippen LogP contribution in [0, 0.1) is 0 Å². The predicted octanol–water partition coefficient (Wildman–Crippen LogP) is -1.47. The molecule has 3 nitrogen and oxygen atoms in total. The van der Waals surface area contributed by atoms with E-state index in [0.29, 0.717) is 6.61 Å². The van der Waals surface area contributed by atoms with Crippen LogP contribution in [0.4, 0.5) is 0 Å². The zero-order chi connectivity index (χ0) is 5.28. The Hall–Kier alpha value is -0.570. The second kappa shape index (κ2) is 1.50. The highest BCUT2D eigenvalue weighted by Gasteiger charge is 2.21. The van der Waals surface area contributed by atoms with E-state index >= 15 is 0 Å². The Bertz CT molecular complexity index is 84.9. The molecule has 1 aliphatic rings. The number of aliphatic carboxylic acids is 1. The molecule has 0 radical (unpaired) electrons. The van der Waals surface area contributed by atoms with Crippen molar-refractivity contribution in [1.29, 1.82) is 0 Å². The zero-order valence-electron chi connectivity index (χ0n) is 3.72. The maximum absolute atomic E-state index is 9.66. The first kappa shape index (κ1) is 4.59. The molecule has 0 aromatic heterocycles. The normalized spacial score (nSPS) is 27.1. The van der Waals surface area contributed by atoms with Gasteiger partial charge < -0.3 is 14.6 Å². The second-order valence-corrected chi connectivity index (χ2v) is 1.53. The molecule has 0 aromatic carbocycles. The minimum absolute atomic E-state index is 0.0370. The molecule has 1 heterocycles. The molecule has 1 fully saturated rings. The molecule has 0 bridgehead atoms. The molecule has 1 atom stereocenters. The molecule has 1 unspecified atom stereocenters. The molecule has 1 aliphatic heterocycles. The maximum Gasteiger partial charge on any atom is 0.0861 e. The number of carbonyl (C=O) groups excluding carboxylic acids is 1. The highest BCUT2D eigenvalue weighted by atomic mass is 16.6. The maximum atomic E-state index is 9.66. The molecule has 1 saturated heterocycles. The lowest BCUT2D eigenvalue weighted by atomic mass is 10.3. The van der Waals surface area contributed by atoms with Gasteiger partial charge in [-0.1, -0.05) is 0 Å². The summed E-state index contributed by atoms with van der Waals surface area (Å²) in [5.74, 6) is -1.03. The first-order valence-electron chi connectivity index (χ1n) is 2.10. The Morgan fingerprint density at radius 1 is 2.00 bits per heavy atom. The van der Waals surface area contributed by atoms with Gasteiger partial charge in [-0.25, -0.2) is 0 Å². The van der Waals surface area contributed by atoms with Crippen LogP contribution in [0.25, 0.3) is 0 Å². The molecular weight excluding hydrogens is 96.0 g/mol. The average Bonchev–Trinajstić information content (AvgIpc) is 2.17. The Balaban J connectivity index is 2.08. The smallest absolute Gasteiger partial charge is 0.0861 e. The monoisotopic (exact) mass is 101 g/mol. The quantitative estimate of drug-likeness (QED) is 0.399. The van der Waals surface area contributed by atoms with Crippen molar-refractivity contribution in [2.45, 2.75) is 12.5 Å². The van der Waals surface area contributed by atoms with Crippen molar-refractivity contribution in [1.82, 2.24) is 0 Å². The molecule has 1 rings (SSSR count). The van der Waals surface area contributed by atoms with E-state index in [4.69, 9.17) is 0 Å². The third kappa shape index (κ3) is 1.55. The van der Waals surface area contributed by atoms with E-state index in [1.165, 1.54) is 0 Å². The van der Waals surface area contributed by atoms with E-state index in [9.17, 15) is 9.90 Å². The summed E-state index contributed by atoms with van der Waals surface area (Å²) in [7, 11) is 0. The summed E-state index contributed by atoms with van der Waals surface area (Å²) in [6.45, 7) is 0.591. The lowest BCUT2D eigenvalue weighted by Crippen LogP contribution is -2.23. The van der Waals surface area contributed by atoms with Crippen molar-refractivity contribution in [3.05, 3.63) is 0 Å². The fourth-order valence-electron chi connectivity index (χ4n) is 0.372. The largest absolute Gasteiger partial charge is 0.550 e. The number of epoxide rings is 1. The van der Waals surface area contributed by atoms with Crippen molar-refractivity contribution in [3.8, 4) is 0 Å². The van der Waals surface area contributed by atoms with Crippen LogP contribution in [0.5, 0.6) is 0 Å². The van der Waals surface area contributed by atoms with Crippen LogP contribution in [0.15, 0.2) is 0 Å². The molecule has 0 aliphatic carbocycles. The summed E-state index contributed by atoms with van der Waals surface area (Å²) in [5, 5.41) is 9.66. The third-order valence-electron chi connectivity index (χ3n) is 0.797. The molecule has 7 heavy (non-hydrogen) atoms. The molecule has 40 valence electrons. The topological polar surface area (TPSA) is 52.7 Å². The number of hydrogen-bond acceptors (Lipinski definition) is 3. The molecule has 0 saturated carbocycles. The SMILES string of the molecule is O=C([O-])CC1CO1. The van der Waals surface area contributed by atoms with Crippen LogP contribution >= 0.6 is 0 Å². The fraction of sp³-hybridized carbons (Fsp3) is 0.750. The van der Waals surface area contributed by atoms with Gasteiger partial charge in [0.15, 0.2) is 0 Å². The number of carbonyl (C=O) groups is 1. The summed E-state index contributed by atoms with van der Waals surface area (Å²) >= 11 is 0.